The van der Waals surface area contributed by atoms with Crippen LogP contribution in [-0.4, -0.2) is 83.9 Å². The van der Waals surface area contributed by atoms with Crippen LogP contribution in [0.1, 0.15) is 30.7 Å². The van der Waals surface area contributed by atoms with Gasteiger partial charge in [-0.1, -0.05) is 42.5 Å². The van der Waals surface area contributed by atoms with Gasteiger partial charge in [0.1, 0.15) is 11.6 Å². The van der Waals surface area contributed by atoms with E-state index in [1.807, 2.05) is 30.3 Å². The summed E-state index contributed by atoms with van der Waals surface area (Å²) in [6, 6.07) is 18.5. The molecule has 0 radical (unpaired) electrons. The Balaban J connectivity index is 1.21. The van der Waals surface area contributed by atoms with Crippen molar-refractivity contribution >= 4 is 22.6 Å². The zero-order valence-electron chi connectivity index (χ0n) is 20.9. The predicted octanol–water partition coefficient (Wildman–Crippen LogP) is 3.37. The number of hydrogen-bond donors (Lipinski definition) is 1. The van der Waals surface area contributed by atoms with Crippen LogP contribution in [0, 0.1) is 0 Å². The molecule has 7 nitrogen and oxygen atoms in total. The summed E-state index contributed by atoms with van der Waals surface area (Å²) in [6.45, 7) is 5.83. The van der Waals surface area contributed by atoms with Gasteiger partial charge in [0, 0.05) is 38.1 Å². The standard InChI is InChI=1S/C28H36N6O/c1-32(2)16-8-15-29-26-23-11-6-7-12-24(23)30-25(31-26)21-33-17-19-34(20-18-33)27(35)28(13-14-28)22-9-4-3-5-10-22/h3-7,9-12H,8,13-21H2,1-2H3,(H,29,30,31). The van der Waals surface area contributed by atoms with Gasteiger partial charge in [-0.15, -0.1) is 0 Å². The van der Waals surface area contributed by atoms with E-state index in [4.69, 9.17) is 9.97 Å². The maximum absolute atomic E-state index is 13.4. The molecular formula is C28H36N6O. The summed E-state index contributed by atoms with van der Waals surface area (Å²) in [5.74, 6) is 2.05. The first kappa shape index (κ1) is 23.7. The van der Waals surface area contributed by atoms with Crippen LogP contribution in [0.25, 0.3) is 10.9 Å². The van der Waals surface area contributed by atoms with E-state index >= 15 is 0 Å². The third-order valence-corrected chi connectivity index (χ3v) is 7.23. The molecule has 7 heteroatoms. The van der Waals surface area contributed by atoms with Crippen LogP contribution in [-0.2, 0) is 16.8 Å². The van der Waals surface area contributed by atoms with Crippen LogP contribution in [0.15, 0.2) is 54.6 Å². The van der Waals surface area contributed by atoms with E-state index in [0.717, 1.165) is 81.1 Å². The van der Waals surface area contributed by atoms with Crippen LogP contribution >= 0.6 is 0 Å². The molecule has 1 aliphatic heterocycles. The van der Waals surface area contributed by atoms with Gasteiger partial charge in [0.2, 0.25) is 5.91 Å². The molecule has 0 spiro atoms. The summed E-state index contributed by atoms with van der Waals surface area (Å²) in [5, 5.41) is 4.59. The Hall–Kier alpha value is -3.03. The molecule has 0 bridgehead atoms. The number of rotatable bonds is 9. The van der Waals surface area contributed by atoms with E-state index in [-0.39, 0.29) is 5.41 Å². The number of para-hydroxylation sites is 1. The lowest BCUT2D eigenvalue weighted by molar-refractivity contribution is -0.135. The van der Waals surface area contributed by atoms with Gasteiger partial charge >= 0.3 is 0 Å². The number of fused-ring (bicyclic) bond motifs is 1. The zero-order chi connectivity index (χ0) is 24.3. The number of nitrogens with one attached hydrogen (secondary N) is 1. The molecule has 2 aromatic carbocycles. The van der Waals surface area contributed by atoms with Gasteiger partial charge in [-0.3, -0.25) is 9.69 Å². The Kier molecular flexibility index (Phi) is 6.97. The number of piperazine rings is 1. The Morgan fingerprint density at radius 2 is 1.69 bits per heavy atom. The van der Waals surface area contributed by atoms with E-state index in [2.05, 4.69) is 58.4 Å². The SMILES string of the molecule is CN(C)CCCNc1nc(CN2CCN(C(=O)C3(c4ccccc4)CC3)CC2)nc2ccccc12. The molecule has 1 aliphatic carbocycles. The van der Waals surface area contributed by atoms with Gasteiger partial charge in [0.25, 0.3) is 0 Å². The smallest absolute Gasteiger partial charge is 0.233 e. The second-order valence-corrected chi connectivity index (χ2v) is 10.1. The van der Waals surface area contributed by atoms with E-state index in [1.54, 1.807) is 0 Å². The topological polar surface area (TPSA) is 64.6 Å². The first-order valence-electron chi connectivity index (χ1n) is 12.8. The molecule has 35 heavy (non-hydrogen) atoms. The van der Waals surface area contributed by atoms with Crippen molar-refractivity contribution < 1.29 is 4.79 Å². The number of aromatic nitrogens is 2. The summed E-state index contributed by atoms with van der Waals surface area (Å²) < 4.78 is 0. The summed E-state index contributed by atoms with van der Waals surface area (Å²) in [7, 11) is 4.19. The van der Waals surface area contributed by atoms with E-state index in [1.165, 1.54) is 5.56 Å². The van der Waals surface area contributed by atoms with Crippen LogP contribution in [0.5, 0.6) is 0 Å². The fraction of sp³-hybridized carbons (Fsp3) is 0.464. The number of amides is 1. The van der Waals surface area contributed by atoms with Gasteiger partial charge in [0.15, 0.2) is 0 Å². The number of benzene rings is 2. The second kappa shape index (κ2) is 10.3. The Morgan fingerprint density at radius 3 is 2.40 bits per heavy atom. The molecule has 5 rings (SSSR count). The summed E-state index contributed by atoms with van der Waals surface area (Å²) in [4.78, 5) is 29.7. The summed E-state index contributed by atoms with van der Waals surface area (Å²) in [5.41, 5.74) is 1.86. The third kappa shape index (κ3) is 5.31. The molecule has 2 fully saturated rings. The summed E-state index contributed by atoms with van der Waals surface area (Å²) in [6.07, 6.45) is 2.98. The van der Waals surface area contributed by atoms with Gasteiger partial charge in [0.05, 0.1) is 17.5 Å². The Labute approximate surface area is 208 Å². The van der Waals surface area contributed by atoms with Crippen molar-refractivity contribution in [2.45, 2.75) is 31.2 Å². The molecule has 1 amide bonds. The average Bonchev–Trinajstić information content (AvgIpc) is 3.69. The molecule has 3 aromatic rings. The first-order valence-corrected chi connectivity index (χ1v) is 12.8. The fourth-order valence-electron chi connectivity index (χ4n) is 5.05. The van der Waals surface area contributed by atoms with E-state index in [0.29, 0.717) is 12.5 Å². The average molecular weight is 473 g/mol. The molecule has 1 saturated heterocycles. The fourth-order valence-corrected chi connectivity index (χ4v) is 5.05. The maximum atomic E-state index is 13.4. The van der Waals surface area contributed by atoms with Crippen LogP contribution in [0.3, 0.4) is 0 Å². The minimum Gasteiger partial charge on any atom is -0.369 e. The van der Waals surface area contributed by atoms with Crippen molar-refractivity contribution in [3.05, 3.63) is 66.0 Å². The highest BCUT2D eigenvalue weighted by atomic mass is 16.2. The van der Waals surface area contributed by atoms with Gasteiger partial charge in [-0.05, 0) is 57.6 Å². The zero-order valence-corrected chi connectivity index (χ0v) is 20.9. The molecular weight excluding hydrogens is 436 g/mol. The molecule has 1 aromatic heterocycles. The number of nitrogens with zero attached hydrogens (tertiary/aromatic N) is 5. The molecule has 1 saturated carbocycles. The highest BCUT2D eigenvalue weighted by molar-refractivity contribution is 5.91. The first-order chi connectivity index (χ1) is 17.0. The Bertz CT molecular complexity index is 1150. The van der Waals surface area contributed by atoms with Crippen molar-refractivity contribution in [2.75, 3.05) is 58.7 Å². The van der Waals surface area contributed by atoms with Crippen molar-refractivity contribution in [3.8, 4) is 0 Å². The van der Waals surface area contributed by atoms with Crippen molar-refractivity contribution in [1.82, 2.24) is 24.7 Å². The van der Waals surface area contributed by atoms with Gasteiger partial charge < -0.3 is 15.1 Å². The second-order valence-electron chi connectivity index (χ2n) is 10.1. The van der Waals surface area contributed by atoms with Crippen molar-refractivity contribution in [1.29, 1.82) is 0 Å². The van der Waals surface area contributed by atoms with Crippen LogP contribution < -0.4 is 5.32 Å². The van der Waals surface area contributed by atoms with Gasteiger partial charge in [-0.25, -0.2) is 9.97 Å². The van der Waals surface area contributed by atoms with E-state index in [9.17, 15) is 4.79 Å². The van der Waals surface area contributed by atoms with Gasteiger partial charge in [-0.2, -0.15) is 0 Å². The highest BCUT2D eigenvalue weighted by Gasteiger charge is 2.53. The lowest BCUT2D eigenvalue weighted by Crippen LogP contribution is -2.51. The molecule has 2 aliphatic rings. The lowest BCUT2D eigenvalue weighted by atomic mass is 9.94. The molecule has 0 unspecified atom stereocenters. The molecule has 0 atom stereocenters. The number of carbonyl (C=O) groups is 1. The molecule has 2 heterocycles. The monoisotopic (exact) mass is 472 g/mol. The quantitative estimate of drug-likeness (QED) is 0.482. The van der Waals surface area contributed by atoms with Crippen molar-refractivity contribution in [3.63, 3.8) is 0 Å². The third-order valence-electron chi connectivity index (χ3n) is 7.23. The van der Waals surface area contributed by atoms with Crippen LogP contribution in [0.4, 0.5) is 5.82 Å². The van der Waals surface area contributed by atoms with Crippen molar-refractivity contribution in [2.24, 2.45) is 0 Å². The minimum absolute atomic E-state index is 0.280. The normalized spacial score (nSPS) is 17.6. The lowest BCUT2D eigenvalue weighted by Gasteiger charge is -2.36. The molecule has 184 valence electrons. The highest BCUT2D eigenvalue weighted by Crippen LogP contribution is 2.49. The molecule has 1 N–H and O–H groups in total. The van der Waals surface area contributed by atoms with E-state index < -0.39 is 0 Å². The number of hydrogen-bond acceptors (Lipinski definition) is 6. The summed E-state index contributed by atoms with van der Waals surface area (Å²) >= 11 is 0. The number of carbonyl (C=O) groups excluding carboxylic acids is 1. The van der Waals surface area contributed by atoms with Crippen LogP contribution in [0.2, 0.25) is 0 Å². The largest absolute Gasteiger partial charge is 0.369 e. The Morgan fingerprint density at radius 1 is 0.971 bits per heavy atom. The number of anilines is 1. The predicted molar refractivity (Wildman–Crippen MR) is 140 cm³/mol. The maximum Gasteiger partial charge on any atom is 0.233 e. The minimum atomic E-state index is -0.280.